The summed E-state index contributed by atoms with van der Waals surface area (Å²) in [4.78, 5) is 25.7. The van der Waals surface area contributed by atoms with Gasteiger partial charge in [0.05, 0.1) is 6.04 Å². The molecule has 0 spiro atoms. The van der Waals surface area contributed by atoms with Gasteiger partial charge in [-0.1, -0.05) is 19.3 Å². The van der Waals surface area contributed by atoms with Crippen LogP contribution in [0.5, 0.6) is 0 Å². The maximum absolute atomic E-state index is 12.4. The molecule has 1 atom stereocenters. The molecule has 1 aromatic rings. The van der Waals surface area contributed by atoms with Gasteiger partial charge in [-0.2, -0.15) is 0 Å². The lowest BCUT2D eigenvalue weighted by atomic mass is 10.1. The molecule has 0 aromatic heterocycles. The molecular formula is C17H25N3O2. The van der Waals surface area contributed by atoms with E-state index in [1.54, 1.807) is 24.3 Å². The highest BCUT2D eigenvalue weighted by atomic mass is 16.2. The first-order valence-corrected chi connectivity index (χ1v) is 8.02. The molecule has 1 aromatic carbocycles. The van der Waals surface area contributed by atoms with E-state index in [1.165, 1.54) is 19.3 Å². The molecule has 1 saturated heterocycles. The monoisotopic (exact) mass is 303 g/mol. The lowest BCUT2D eigenvalue weighted by molar-refractivity contribution is -0.120. The van der Waals surface area contributed by atoms with Crippen LogP contribution in [0.25, 0.3) is 0 Å². The van der Waals surface area contributed by atoms with Crippen molar-refractivity contribution in [1.82, 2.24) is 4.90 Å². The topological polar surface area (TPSA) is 75.4 Å². The van der Waals surface area contributed by atoms with E-state index in [0.29, 0.717) is 11.3 Å². The summed E-state index contributed by atoms with van der Waals surface area (Å²) in [5, 5.41) is 2.91. The highest BCUT2D eigenvalue weighted by Gasteiger charge is 2.21. The van der Waals surface area contributed by atoms with E-state index in [0.717, 1.165) is 25.9 Å². The van der Waals surface area contributed by atoms with Gasteiger partial charge >= 0.3 is 0 Å². The summed E-state index contributed by atoms with van der Waals surface area (Å²) in [6, 6.07) is 6.52. The quantitative estimate of drug-likeness (QED) is 0.896. The van der Waals surface area contributed by atoms with E-state index < -0.39 is 5.91 Å². The first-order valence-electron chi connectivity index (χ1n) is 8.02. The van der Waals surface area contributed by atoms with E-state index in [9.17, 15) is 9.59 Å². The van der Waals surface area contributed by atoms with Gasteiger partial charge in [0.15, 0.2) is 0 Å². The largest absolute Gasteiger partial charge is 0.366 e. The third-order valence-corrected chi connectivity index (χ3v) is 4.25. The third kappa shape index (κ3) is 4.56. The normalized spacial score (nSPS) is 18.0. The summed E-state index contributed by atoms with van der Waals surface area (Å²) < 4.78 is 0. The lowest BCUT2D eigenvalue weighted by Crippen LogP contribution is -2.43. The second-order valence-corrected chi connectivity index (χ2v) is 5.91. The first kappa shape index (κ1) is 16.5. The molecule has 0 radical (unpaired) electrons. The number of nitrogens with two attached hydrogens (primary N) is 1. The number of amides is 2. The van der Waals surface area contributed by atoms with Crippen LogP contribution >= 0.6 is 0 Å². The van der Waals surface area contributed by atoms with Gasteiger partial charge in [-0.15, -0.1) is 0 Å². The predicted molar refractivity (Wildman–Crippen MR) is 87.7 cm³/mol. The van der Waals surface area contributed by atoms with Gasteiger partial charge < -0.3 is 11.1 Å². The Morgan fingerprint density at radius 3 is 2.14 bits per heavy atom. The zero-order valence-electron chi connectivity index (χ0n) is 13.2. The second kappa shape index (κ2) is 7.94. The van der Waals surface area contributed by atoms with E-state index >= 15 is 0 Å². The molecule has 1 aliphatic heterocycles. The number of carbonyl (C=O) groups excluding carboxylic acids is 2. The van der Waals surface area contributed by atoms with Crippen molar-refractivity contribution < 1.29 is 9.59 Å². The van der Waals surface area contributed by atoms with E-state index in [-0.39, 0.29) is 11.9 Å². The Bertz CT molecular complexity index is 505. The molecule has 1 heterocycles. The molecule has 0 bridgehead atoms. The number of carbonyl (C=O) groups is 2. The number of likely N-dealkylation sites (tertiary alicyclic amines) is 1. The van der Waals surface area contributed by atoms with Crippen molar-refractivity contribution >= 4 is 17.5 Å². The maximum atomic E-state index is 12.4. The minimum absolute atomic E-state index is 0.00704. The Morgan fingerprint density at radius 1 is 1.05 bits per heavy atom. The molecule has 1 fully saturated rings. The van der Waals surface area contributed by atoms with Gasteiger partial charge in [0, 0.05) is 11.3 Å². The molecule has 5 heteroatoms. The lowest BCUT2D eigenvalue weighted by Gasteiger charge is -2.29. The number of nitrogens with zero attached hydrogens (tertiary/aromatic N) is 1. The number of primary amides is 1. The fourth-order valence-corrected chi connectivity index (χ4v) is 2.79. The Kier molecular flexibility index (Phi) is 5.95. The second-order valence-electron chi connectivity index (χ2n) is 5.91. The number of benzene rings is 1. The van der Waals surface area contributed by atoms with Crippen molar-refractivity contribution in [2.45, 2.75) is 45.1 Å². The first-order chi connectivity index (χ1) is 10.6. The minimum Gasteiger partial charge on any atom is -0.366 e. The predicted octanol–water partition coefficient (Wildman–Crippen LogP) is 2.38. The van der Waals surface area contributed by atoms with Crippen molar-refractivity contribution in [1.29, 1.82) is 0 Å². The van der Waals surface area contributed by atoms with Crippen LogP contribution < -0.4 is 11.1 Å². The highest BCUT2D eigenvalue weighted by Crippen LogP contribution is 2.15. The van der Waals surface area contributed by atoms with Crippen LogP contribution in [0.2, 0.25) is 0 Å². The van der Waals surface area contributed by atoms with Gasteiger partial charge in [0.2, 0.25) is 11.8 Å². The van der Waals surface area contributed by atoms with Crippen molar-refractivity contribution in [3.8, 4) is 0 Å². The average Bonchev–Trinajstić information content (AvgIpc) is 2.47. The number of nitrogens with one attached hydrogen (secondary N) is 1. The molecule has 120 valence electrons. The Labute approximate surface area is 131 Å². The Balaban J connectivity index is 1.93. The van der Waals surface area contributed by atoms with Gasteiger partial charge in [0.25, 0.3) is 0 Å². The van der Waals surface area contributed by atoms with Crippen LogP contribution in [0.15, 0.2) is 24.3 Å². The number of hydrogen-bond donors (Lipinski definition) is 2. The molecule has 1 aliphatic rings. The number of anilines is 1. The standard InChI is InChI=1S/C17H25N3O2/c1-13(20-11-5-3-2-4-6-12-20)17(22)19-15-9-7-14(8-10-15)16(18)21/h7-10,13H,2-6,11-12H2,1H3,(H2,18,21)(H,19,22). The molecule has 22 heavy (non-hydrogen) atoms. The Morgan fingerprint density at radius 2 is 1.59 bits per heavy atom. The molecule has 1 unspecified atom stereocenters. The number of rotatable bonds is 4. The molecule has 5 nitrogen and oxygen atoms in total. The van der Waals surface area contributed by atoms with E-state index in [4.69, 9.17) is 5.73 Å². The smallest absolute Gasteiger partial charge is 0.248 e. The molecule has 2 rings (SSSR count). The molecule has 0 aliphatic carbocycles. The summed E-state index contributed by atoms with van der Waals surface area (Å²) in [5.41, 5.74) is 6.33. The van der Waals surface area contributed by atoms with Crippen molar-refractivity contribution in [2.75, 3.05) is 18.4 Å². The van der Waals surface area contributed by atoms with Crippen LogP contribution in [0.1, 0.15) is 49.4 Å². The molecule has 2 amide bonds. The summed E-state index contributed by atoms with van der Waals surface area (Å²) in [7, 11) is 0. The molecular weight excluding hydrogens is 278 g/mol. The van der Waals surface area contributed by atoms with E-state index in [1.807, 2.05) is 6.92 Å². The SMILES string of the molecule is CC(C(=O)Nc1ccc(C(N)=O)cc1)N1CCCCCCC1. The van der Waals surface area contributed by atoms with Crippen molar-refractivity contribution in [2.24, 2.45) is 5.73 Å². The highest BCUT2D eigenvalue weighted by molar-refractivity contribution is 5.96. The molecule has 0 saturated carbocycles. The van der Waals surface area contributed by atoms with Gasteiger partial charge in [-0.05, 0) is 57.1 Å². The summed E-state index contributed by atoms with van der Waals surface area (Å²) in [6.45, 7) is 3.92. The van der Waals surface area contributed by atoms with Crippen LogP contribution in [0.3, 0.4) is 0 Å². The van der Waals surface area contributed by atoms with Crippen LogP contribution in [0.4, 0.5) is 5.69 Å². The van der Waals surface area contributed by atoms with Crippen molar-refractivity contribution in [3.63, 3.8) is 0 Å². The Hall–Kier alpha value is -1.88. The van der Waals surface area contributed by atoms with Crippen molar-refractivity contribution in [3.05, 3.63) is 29.8 Å². The summed E-state index contributed by atoms with van der Waals surface area (Å²) in [6.07, 6.45) is 6.12. The minimum atomic E-state index is -0.466. The van der Waals surface area contributed by atoms with Gasteiger partial charge in [0.1, 0.15) is 0 Å². The summed E-state index contributed by atoms with van der Waals surface area (Å²) >= 11 is 0. The van der Waals surface area contributed by atoms with Crippen LogP contribution in [-0.2, 0) is 4.79 Å². The van der Waals surface area contributed by atoms with Gasteiger partial charge in [-0.3, -0.25) is 14.5 Å². The zero-order chi connectivity index (χ0) is 15.9. The zero-order valence-corrected chi connectivity index (χ0v) is 13.2. The number of hydrogen-bond acceptors (Lipinski definition) is 3. The molecule has 3 N–H and O–H groups in total. The fourth-order valence-electron chi connectivity index (χ4n) is 2.79. The van der Waals surface area contributed by atoms with Crippen LogP contribution in [0, 0.1) is 0 Å². The third-order valence-electron chi connectivity index (χ3n) is 4.25. The van der Waals surface area contributed by atoms with Gasteiger partial charge in [-0.25, -0.2) is 0 Å². The van der Waals surface area contributed by atoms with Crippen LogP contribution in [-0.4, -0.2) is 35.8 Å². The fraction of sp³-hybridized carbons (Fsp3) is 0.529. The average molecular weight is 303 g/mol. The van der Waals surface area contributed by atoms with E-state index in [2.05, 4.69) is 10.2 Å². The maximum Gasteiger partial charge on any atom is 0.248 e. The summed E-state index contributed by atoms with van der Waals surface area (Å²) in [5.74, 6) is -0.473.